The van der Waals surface area contributed by atoms with E-state index in [2.05, 4.69) is 17.2 Å². The van der Waals surface area contributed by atoms with Crippen molar-refractivity contribution in [2.75, 3.05) is 33.0 Å². The maximum absolute atomic E-state index is 6.03. The maximum atomic E-state index is 6.03. The summed E-state index contributed by atoms with van der Waals surface area (Å²) in [5.74, 6) is 0.805. The topological polar surface area (TPSA) is 72.6 Å². The van der Waals surface area contributed by atoms with Crippen molar-refractivity contribution in [3.63, 3.8) is 0 Å². The quantitative estimate of drug-likeness (QED) is 0.610. The number of hydrogen-bond donors (Lipinski definition) is 0. The third-order valence-electron chi connectivity index (χ3n) is 5.59. The summed E-state index contributed by atoms with van der Waals surface area (Å²) in [5, 5.41) is 10.5. The van der Waals surface area contributed by atoms with Crippen LogP contribution in [0.4, 0.5) is 0 Å². The van der Waals surface area contributed by atoms with Gasteiger partial charge in [0, 0.05) is 23.8 Å². The van der Waals surface area contributed by atoms with Crippen LogP contribution in [0.2, 0.25) is 0 Å². The van der Waals surface area contributed by atoms with E-state index in [1.54, 1.807) is 0 Å². The molecule has 5 rings (SSSR count). The number of aromatic nitrogens is 4. The second-order valence-corrected chi connectivity index (χ2v) is 7.89. The minimum atomic E-state index is -0.0345. The van der Waals surface area contributed by atoms with Gasteiger partial charge in [0.2, 0.25) is 0 Å². The second-order valence-electron chi connectivity index (χ2n) is 7.89. The maximum Gasteiger partial charge on any atom is 0.150 e. The summed E-state index contributed by atoms with van der Waals surface area (Å²) in [6.07, 6.45) is 7.07. The highest BCUT2D eigenvalue weighted by molar-refractivity contribution is 5.94. The lowest BCUT2D eigenvalue weighted by molar-refractivity contribution is -0.0365. The van der Waals surface area contributed by atoms with Gasteiger partial charge >= 0.3 is 0 Å². The Morgan fingerprint density at radius 1 is 1.07 bits per heavy atom. The number of ether oxygens (including phenoxy) is 4. The Hall–Kier alpha value is -2.42. The Morgan fingerprint density at radius 2 is 2.03 bits per heavy atom. The Kier molecular flexibility index (Phi) is 5.70. The molecular formula is C22H28N4O4. The fraction of sp³-hybridized carbons (Fsp3) is 0.545. The van der Waals surface area contributed by atoms with Gasteiger partial charge in [-0.2, -0.15) is 10.2 Å². The summed E-state index contributed by atoms with van der Waals surface area (Å²) in [7, 11) is 0. The number of nitrogens with zero attached hydrogens (tertiary/aromatic N) is 4. The molecule has 160 valence electrons. The molecule has 1 unspecified atom stereocenters. The van der Waals surface area contributed by atoms with Crippen molar-refractivity contribution in [2.45, 2.75) is 45.1 Å². The highest BCUT2D eigenvalue weighted by Gasteiger charge is 2.23. The number of fused-ring (bicyclic) bond motifs is 4. The molecule has 1 fully saturated rings. The highest BCUT2D eigenvalue weighted by atomic mass is 16.6. The molecule has 0 amide bonds. The summed E-state index contributed by atoms with van der Waals surface area (Å²) >= 11 is 0. The molecule has 1 saturated heterocycles. The van der Waals surface area contributed by atoms with Gasteiger partial charge in [-0.05, 0) is 44.4 Å². The summed E-state index contributed by atoms with van der Waals surface area (Å²) in [6.45, 7) is 5.65. The zero-order valence-corrected chi connectivity index (χ0v) is 17.3. The molecule has 4 heterocycles. The van der Waals surface area contributed by atoms with Crippen LogP contribution in [0.3, 0.4) is 0 Å². The normalized spacial score (nSPS) is 23.5. The second kappa shape index (κ2) is 8.75. The molecule has 0 saturated carbocycles. The molecule has 8 nitrogen and oxygen atoms in total. The average molecular weight is 412 g/mol. The summed E-state index contributed by atoms with van der Waals surface area (Å²) in [6, 6.07) is 6.14. The number of benzene rings is 1. The smallest absolute Gasteiger partial charge is 0.150 e. The molecule has 0 aliphatic carbocycles. The fourth-order valence-corrected chi connectivity index (χ4v) is 4.00. The predicted octanol–water partition coefficient (Wildman–Crippen LogP) is 3.41. The molecule has 30 heavy (non-hydrogen) atoms. The Morgan fingerprint density at radius 3 is 2.93 bits per heavy atom. The lowest BCUT2D eigenvalue weighted by Gasteiger charge is -2.23. The van der Waals surface area contributed by atoms with E-state index >= 15 is 0 Å². The van der Waals surface area contributed by atoms with Crippen LogP contribution in [0.1, 0.15) is 32.4 Å². The Labute approximate surface area is 175 Å². The minimum absolute atomic E-state index is 0.0130. The van der Waals surface area contributed by atoms with Gasteiger partial charge in [0.15, 0.2) is 6.23 Å². The average Bonchev–Trinajstić information content (AvgIpc) is 3.39. The molecule has 0 radical (unpaired) electrons. The first-order valence-electron chi connectivity index (χ1n) is 10.8. The molecule has 2 atom stereocenters. The van der Waals surface area contributed by atoms with Crippen LogP contribution in [0, 0.1) is 0 Å². The number of hydrogen-bond acceptors (Lipinski definition) is 6. The first-order chi connectivity index (χ1) is 14.8. The van der Waals surface area contributed by atoms with Crippen molar-refractivity contribution in [1.29, 1.82) is 0 Å². The molecule has 2 aromatic heterocycles. The third kappa shape index (κ3) is 4.08. The van der Waals surface area contributed by atoms with Crippen LogP contribution in [0.15, 0.2) is 30.6 Å². The van der Waals surface area contributed by atoms with Crippen molar-refractivity contribution in [3.05, 3.63) is 30.6 Å². The van der Waals surface area contributed by atoms with Gasteiger partial charge in [-0.3, -0.25) is 4.68 Å². The van der Waals surface area contributed by atoms with E-state index in [9.17, 15) is 0 Å². The summed E-state index contributed by atoms with van der Waals surface area (Å²) in [5.41, 5.74) is 2.93. The molecule has 4 bridgehead atoms. The molecule has 2 aliphatic heterocycles. The van der Waals surface area contributed by atoms with E-state index in [4.69, 9.17) is 24.0 Å². The van der Waals surface area contributed by atoms with Crippen LogP contribution in [0.25, 0.3) is 22.2 Å². The van der Waals surface area contributed by atoms with Gasteiger partial charge in [-0.25, -0.2) is 4.68 Å². The fourth-order valence-electron chi connectivity index (χ4n) is 4.00. The lowest BCUT2D eigenvalue weighted by Crippen LogP contribution is -2.21. The highest BCUT2D eigenvalue weighted by Crippen LogP contribution is 2.34. The van der Waals surface area contributed by atoms with Crippen LogP contribution in [-0.4, -0.2) is 58.7 Å². The first kappa shape index (κ1) is 19.5. The van der Waals surface area contributed by atoms with E-state index in [0.717, 1.165) is 53.8 Å². The van der Waals surface area contributed by atoms with E-state index < -0.39 is 0 Å². The predicted molar refractivity (Wildman–Crippen MR) is 112 cm³/mol. The van der Waals surface area contributed by atoms with Gasteiger partial charge in [0.1, 0.15) is 18.1 Å². The van der Waals surface area contributed by atoms with Crippen molar-refractivity contribution in [1.82, 2.24) is 19.6 Å². The standard InChI is InChI=1S/C22H28N4O4/c1-16-15-30-18-5-6-20-19(12-18)22(24-26(20)21-4-2-3-8-29-21)17-13-23-25(14-17)7-9-27-10-11-28-16/h5-6,12-14,16,21H,2-4,7-11,15H2,1H3/t16-,21?/m0/s1. The number of rotatable bonds is 1. The van der Waals surface area contributed by atoms with Gasteiger partial charge in [-0.1, -0.05) is 0 Å². The first-order valence-corrected chi connectivity index (χ1v) is 10.8. The monoisotopic (exact) mass is 412 g/mol. The van der Waals surface area contributed by atoms with Crippen LogP contribution in [-0.2, 0) is 20.8 Å². The molecular weight excluding hydrogens is 384 g/mol. The molecule has 2 aliphatic rings. The van der Waals surface area contributed by atoms with E-state index in [1.807, 2.05) is 34.7 Å². The largest absolute Gasteiger partial charge is 0.491 e. The van der Waals surface area contributed by atoms with Crippen molar-refractivity contribution >= 4 is 10.9 Å². The zero-order valence-electron chi connectivity index (χ0n) is 17.3. The van der Waals surface area contributed by atoms with Crippen LogP contribution >= 0.6 is 0 Å². The van der Waals surface area contributed by atoms with E-state index in [1.165, 1.54) is 0 Å². The molecule has 8 heteroatoms. The third-order valence-corrected chi connectivity index (χ3v) is 5.59. The van der Waals surface area contributed by atoms with Crippen molar-refractivity contribution in [3.8, 4) is 17.0 Å². The van der Waals surface area contributed by atoms with E-state index in [0.29, 0.717) is 33.0 Å². The lowest BCUT2D eigenvalue weighted by atomic mass is 10.1. The molecule has 1 aromatic carbocycles. The molecule has 0 spiro atoms. The van der Waals surface area contributed by atoms with Gasteiger partial charge < -0.3 is 18.9 Å². The van der Waals surface area contributed by atoms with Crippen LogP contribution < -0.4 is 4.74 Å². The Bertz CT molecular complexity index is 992. The molecule has 3 aromatic rings. The zero-order chi connectivity index (χ0) is 20.3. The summed E-state index contributed by atoms with van der Waals surface area (Å²) < 4.78 is 27.4. The van der Waals surface area contributed by atoms with Crippen molar-refractivity contribution < 1.29 is 18.9 Å². The van der Waals surface area contributed by atoms with Gasteiger partial charge in [0.05, 0.1) is 44.2 Å². The van der Waals surface area contributed by atoms with Gasteiger partial charge in [-0.15, -0.1) is 0 Å². The summed E-state index contributed by atoms with van der Waals surface area (Å²) in [4.78, 5) is 0. The minimum Gasteiger partial charge on any atom is -0.491 e. The van der Waals surface area contributed by atoms with E-state index in [-0.39, 0.29) is 12.3 Å². The van der Waals surface area contributed by atoms with Crippen molar-refractivity contribution in [2.24, 2.45) is 0 Å². The Balaban J connectivity index is 1.56. The molecule has 0 N–H and O–H groups in total. The van der Waals surface area contributed by atoms with Gasteiger partial charge in [0.25, 0.3) is 0 Å². The van der Waals surface area contributed by atoms with Crippen LogP contribution in [0.5, 0.6) is 5.75 Å². The SMILES string of the molecule is C[C@H]1COc2ccc3c(c2)c(nn3C2CCCCO2)-c2cnn(c2)CCOCCO1.